The van der Waals surface area contributed by atoms with Gasteiger partial charge in [-0.15, -0.1) is 0 Å². The van der Waals surface area contributed by atoms with E-state index in [1.165, 1.54) is 65.6 Å². The standard InChI is InChI=1S/C50H34N2/c1-3-14-37(15-4-1)44-25-12-18-38-30-33-48-50(49(38)44)45-24-9-10-26-47(45)52(48)41-31-28-35(29-32-41)39-19-11-22-42(34-39)51(40-20-5-2-6-21-40)46-27-13-17-36-16-7-8-23-43(36)46/h1-34H. The van der Waals surface area contributed by atoms with Crippen molar-refractivity contribution < 1.29 is 0 Å². The van der Waals surface area contributed by atoms with E-state index in [2.05, 4.69) is 216 Å². The van der Waals surface area contributed by atoms with E-state index in [4.69, 9.17) is 0 Å². The molecule has 0 aliphatic rings. The fourth-order valence-corrected chi connectivity index (χ4v) is 8.01. The first-order chi connectivity index (χ1) is 25.8. The van der Waals surface area contributed by atoms with E-state index >= 15 is 0 Å². The fourth-order valence-electron chi connectivity index (χ4n) is 8.01. The number of hydrogen-bond acceptors (Lipinski definition) is 1. The number of aromatic nitrogens is 1. The van der Waals surface area contributed by atoms with Gasteiger partial charge in [0.1, 0.15) is 0 Å². The molecule has 1 aromatic heterocycles. The van der Waals surface area contributed by atoms with E-state index in [0.29, 0.717) is 0 Å². The van der Waals surface area contributed by atoms with E-state index in [-0.39, 0.29) is 0 Å². The third-order valence-corrected chi connectivity index (χ3v) is 10.3. The number of benzene rings is 9. The largest absolute Gasteiger partial charge is 0.310 e. The van der Waals surface area contributed by atoms with Crippen molar-refractivity contribution in [2.75, 3.05) is 4.90 Å². The molecular weight excluding hydrogens is 629 g/mol. The topological polar surface area (TPSA) is 8.17 Å². The summed E-state index contributed by atoms with van der Waals surface area (Å²) in [6, 6.07) is 74.5. The Labute approximate surface area is 303 Å². The van der Waals surface area contributed by atoms with Gasteiger partial charge in [0.25, 0.3) is 0 Å². The minimum Gasteiger partial charge on any atom is -0.310 e. The maximum atomic E-state index is 2.42. The van der Waals surface area contributed by atoms with Gasteiger partial charge in [0.15, 0.2) is 0 Å². The third-order valence-electron chi connectivity index (χ3n) is 10.3. The number of anilines is 3. The number of fused-ring (bicyclic) bond motifs is 6. The molecule has 9 aromatic carbocycles. The van der Waals surface area contributed by atoms with Gasteiger partial charge in [-0.1, -0.05) is 152 Å². The van der Waals surface area contributed by atoms with Gasteiger partial charge in [-0.2, -0.15) is 0 Å². The molecular formula is C50H34N2. The molecule has 2 heteroatoms. The predicted molar refractivity (Wildman–Crippen MR) is 221 cm³/mol. The van der Waals surface area contributed by atoms with Crippen LogP contribution in [-0.2, 0) is 0 Å². The predicted octanol–water partition coefficient (Wildman–Crippen LogP) is 13.9. The van der Waals surface area contributed by atoms with E-state index < -0.39 is 0 Å². The van der Waals surface area contributed by atoms with Crippen LogP contribution in [0, 0.1) is 0 Å². The van der Waals surface area contributed by atoms with E-state index in [9.17, 15) is 0 Å². The van der Waals surface area contributed by atoms with Crippen LogP contribution < -0.4 is 4.90 Å². The zero-order valence-corrected chi connectivity index (χ0v) is 28.5. The lowest BCUT2D eigenvalue weighted by Gasteiger charge is -2.27. The van der Waals surface area contributed by atoms with Crippen LogP contribution in [0.2, 0.25) is 0 Å². The Hall–Kier alpha value is -6.90. The fraction of sp³-hybridized carbons (Fsp3) is 0. The van der Waals surface area contributed by atoms with E-state index in [0.717, 1.165) is 22.7 Å². The lowest BCUT2D eigenvalue weighted by Crippen LogP contribution is -2.10. The SMILES string of the molecule is c1ccc(-c2cccc3ccc4c(c5ccccc5n4-c4ccc(-c5cccc(N(c6ccccc6)c6cccc7ccccc67)c5)cc4)c23)cc1. The van der Waals surface area contributed by atoms with Gasteiger partial charge in [-0.25, -0.2) is 0 Å². The van der Waals surface area contributed by atoms with Gasteiger partial charge in [0.05, 0.1) is 16.7 Å². The van der Waals surface area contributed by atoms with Gasteiger partial charge >= 0.3 is 0 Å². The van der Waals surface area contributed by atoms with Crippen molar-refractivity contribution in [3.8, 4) is 27.9 Å². The Bertz CT molecular complexity index is 2880. The molecule has 0 saturated heterocycles. The average molecular weight is 663 g/mol. The first-order valence-corrected chi connectivity index (χ1v) is 17.9. The highest BCUT2D eigenvalue weighted by atomic mass is 15.1. The molecule has 0 fully saturated rings. The normalized spacial score (nSPS) is 11.5. The molecule has 0 atom stereocenters. The van der Waals surface area contributed by atoms with Gasteiger partial charge < -0.3 is 9.47 Å². The molecule has 0 aliphatic carbocycles. The summed E-state index contributed by atoms with van der Waals surface area (Å²) < 4.78 is 2.42. The summed E-state index contributed by atoms with van der Waals surface area (Å²) in [5.41, 5.74) is 11.8. The Morgan fingerprint density at radius 3 is 1.83 bits per heavy atom. The van der Waals surface area contributed by atoms with Crippen molar-refractivity contribution in [2.45, 2.75) is 0 Å². The lowest BCUT2D eigenvalue weighted by atomic mass is 9.94. The molecule has 10 aromatic rings. The molecule has 10 rings (SSSR count). The van der Waals surface area contributed by atoms with Crippen LogP contribution in [0.1, 0.15) is 0 Å². The number of para-hydroxylation sites is 2. The monoisotopic (exact) mass is 662 g/mol. The van der Waals surface area contributed by atoms with Crippen molar-refractivity contribution in [3.63, 3.8) is 0 Å². The Kier molecular flexibility index (Phi) is 7.18. The molecule has 0 radical (unpaired) electrons. The second-order valence-corrected chi connectivity index (χ2v) is 13.3. The molecule has 0 saturated carbocycles. The van der Waals surface area contributed by atoms with Crippen LogP contribution in [0.25, 0.3) is 71.3 Å². The van der Waals surface area contributed by atoms with Crippen molar-refractivity contribution >= 4 is 60.4 Å². The highest BCUT2D eigenvalue weighted by Gasteiger charge is 2.18. The maximum absolute atomic E-state index is 2.42. The molecule has 244 valence electrons. The van der Waals surface area contributed by atoms with Gasteiger partial charge in [-0.05, 0) is 93.0 Å². The van der Waals surface area contributed by atoms with Crippen LogP contribution in [-0.4, -0.2) is 4.57 Å². The zero-order valence-electron chi connectivity index (χ0n) is 28.5. The summed E-state index contributed by atoms with van der Waals surface area (Å²) in [5.74, 6) is 0. The smallest absolute Gasteiger partial charge is 0.0547 e. The summed E-state index contributed by atoms with van der Waals surface area (Å²) in [7, 11) is 0. The van der Waals surface area contributed by atoms with Crippen LogP contribution in [0.3, 0.4) is 0 Å². The second-order valence-electron chi connectivity index (χ2n) is 13.3. The summed E-state index contributed by atoms with van der Waals surface area (Å²) in [4.78, 5) is 2.37. The zero-order chi connectivity index (χ0) is 34.4. The van der Waals surface area contributed by atoms with Crippen molar-refractivity contribution in [1.29, 1.82) is 0 Å². The van der Waals surface area contributed by atoms with Crippen LogP contribution >= 0.6 is 0 Å². The minimum absolute atomic E-state index is 1.12. The van der Waals surface area contributed by atoms with Gasteiger partial charge in [0, 0.05) is 33.2 Å². The molecule has 0 aliphatic heterocycles. The quantitative estimate of drug-likeness (QED) is 0.172. The number of hydrogen-bond donors (Lipinski definition) is 0. The first kappa shape index (κ1) is 30.0. The van der Waals surface area contributed by atoms with Crippen LogP contribution in [0.15, 0.2) is 206 Å². The van der Waals surface area contributed by atoms with Crippen molar-refractivity contribution in [3.05, 3.63) is 206 Å². The molecule has 1 heterocycles. The molecule has 0 N–H and O–H groups in total. The van der Waals surface area contributed by atoms with Crippen LogP contribution in [0.4, 0.5) is 17.1 Å². The van der Waals surface area contributed by atoms with Gasteiger partial charge in [-0.3, -0.25) is 0 Å². The first-order valence-electron chi connectivity index (χ1n) is 17.9. The summed E-state index contributed by atoms with van der Waals surface area (Å²) in [5, 5.41) is 7.54. The summed E-state index contributed by atoms with van der Waals surface area (Å²) in [6.45, 7) is 0. The van der Waals surface area contributed by atoms with Crippen molar-refractivity contribution in [1.82, 2.24) is 4.57 Å². The number of nitrogens with zero attached hydrogens (tertiary/aromatic N) is 2. The van der Waals surface area contributed by atoms with Gasteiger partial charge in [0.2, 0.25) is 0 Å². The molecule has 0 amide bonds. The Morgan fingerprint density at radius 1 is 0.346 bits per heavy atom. The highest BCUT2D eigenvalue weighted by Crippen LogP contribution is 2.42. The Morgan fingerprint density at radius 2 is 0.981 bits per heavy atom. The summed E-state index contributed by atoms with van der Waals surface area (Å²) in [6.07, 6.45) is 0. The molecule has 52 heavy (non-hydrogen) atoms. The van der Waals surface area contributed by atoms with E-state index in [1.54, 1.807) is 0 Å². The number of rotatable bonds is 6. The molecule has 0 bridgehead atoms. The third kappa shape index (κ3) is 4.96. The average Bonchev–Trinajstić information content (AvgIpc) is 3.56. The Balaban J connectivity index is 1.10. The molecule has 0 spiro atoms. The molecule has 0 unspecified atom stereocenters. The highest BCUT2D eigenvalue weighted by molar-refractivity contribution is 6.24. The van der Waals surface area contributed by atoms with E-state index in [1.807, 2.05) is 0 Å². The maximum Gasteiger partial charge on any atom is 0.0547 e. The minimum atomic E-state index is 1.12. The van der Waals surface area contributed by atoms with Crippen molar-refractivity contribution in [2.24, 2.45) is 0 Å². The molecule has 2 nitrogen and oxygen atoms in total. The second kappa shape index (κ2) is 12.5. The van der Waals surface area contributed by atoms with Crippen LogP contribution in [0.5, 0.6) is 0 Å². The summed E-state index contributed by atoms with van der Waals surface area (Å²) >= 11 is 0. The lowest BCUT2D eigenvalue weighted by molar-refractivity contribution is 1.18.